The Morgan fingerprint density at radius 1 is 1.11 bits per heavy atom. The van der Waals surface area contributed by atoms with Crippen LogP contribution in [0.2, 0.25) is 0 Å². The highest BCUT2D eigenvalue weighted by atomic mass is 16.5. The summed E-state index contributed by atoms with van der Waals surface area (Å²) < 4.78 is 6.00. The first kappa shape index (κ1) is 15.3. The first-order valence-corrected chi connectivity index (χ1v) is 8.19. The molecule has 0 aromatic heterocycles. The molecule has 0 saturated heterocycles. The zero-order chi connectivity index (χ0) is 14.1. The lowest BCUT2D eigenvalue weighted by molar-refractivity contribution is -0.0939. The molecule has 2 rings (SSSR count). The summed E-state index contributed by atoms with van der Waals surface area (Å²) in [5.74, 6) is 1.52. The summed E-state index contributed by atoms with van der Waals surface area (Å²) in [5.41, 5.74) is 7.12. The van der Waals surface area contributed by atoms with Crippen LogP contribution >= 0.6 is 0 Å². The molecule has 0 bridgehead atoms. The van der Waals surface area contributed by atoms with Gasteiger partial charge in [0.2, 0.25) is 0 Å². The molecule has 19 heavy (non-hydrogen) atoms. The van der Waals surface area contributed by atoms with Crippen LogP contribution in [0.3, 0.4) is 0 Å². The molecule has 0 aromatic rings. The van der Waals surface area contributed by atoms with Crippen molar-refractivity contribution in [2.45, 2.75) is 83.8 Å². The van der Waals surface area contributed by atoms with Crippen molar-refractivity contribution in [1.82, 2.24) is 0 Å². The lowest BCUT2D eigenvalue weighted by atomic mass is 9.64. The van der Waals surface area contributed by atoms with E-state index >= 15 is 0 Å². The molecule has 0 spiro atoms. The minimum absolute atomic E-state index is 0.0444. The highest BCUT2D eigenvalue weighted by molar-refractivity contribution is 5.00. The summed E-state index contributed by atoms with van der Waals surface area (Å²) in [6.07, 6.45) is 10.1. The lowest BCUT2D eigenvalue weighted by Gasteiger charge is -2.49. The molecule has 0 aliphatic heterocycles. The van der Waals surface area contributed by atoms with Crippen molar-refractivity contribution in [2.75, 3.05) is 7.11 Å². The maximum absolute atomic E-state index is 6.69. The van der Waals surface area contributed by atoms with Crippen LogP contribution in [0.15, 0.2) is 0 Å². The van der Waals surface area contributed by atoms with E-state index in [1.54, 1.807) is 0 Å². The molecule has 3 unspecified atom stereocenters. The van der Waals surface area contributed by atoms with Gasteiger partial charge in [0.1, 0.15) is 0 Å². The average molecular weight is 267 g/mol. The Hall–Kier alpha value is -0.0800. The fourth-order valence-electron chi connectivity index (χ4n) is 4.26. The van der Waals surface area contributed by atoms with Gasteiger partial charge in [0.15, 0.2) is 0 Å². The molecule has 112 valence electrons. The first-order valence-electron chi connectivity index (χ1n) is 8.19. The van der Waals surface area contributed by atoms with Crippen LogP contribution in [0.1, 0.15) is 72.1 Å². The van der Waals surface area contributed by atoms with Gasteiger partial charge in [0, 0.05) is 13.2 Å². The van der Waals surface area contributed by atoms with Crippen LogP contribution in [0, 0.1) is 17.3 Å². The van der Waals surface area contributed by atoms with Crippen LogP contribution in [0.5, 0.6) is 0 Å². The Morgan fingerprint density at radius 3 is 2.26 bits per heavy atom. The van der Waals surface area contributed by atoms with Crippen molar-refractivity contribution in [3.8, 4) is 0 Å². The maximum Gasteiger partial charge on any atom is 0.0831 e. The van der Waals surface area contributed by atoms with E-state index in [4.69, 9.17) is 10.5 Å². The van der Waals surface area contributed by atoms with Gasteiger partial charge in [-0.05, 0) is 55.8 Å². The summed E-state index contributed by atoms with van der Waals surface area (Å²) in [6, 6.07) is 0.233. The van der Waals surface area contributed by atoms with Gasteiger partial charge >= 0.3 is 0 Å². The van der Waals surface area contributed by atoms with Crippen molar-refractivity contribution in [3.63, 3.8) is 0 Å². The lowest BCUT2D eigenvalue weighted by Crippen LogP contribution is -2.56. The molecule has 2 aliphatic carbocycles. The largest absolute Gasteiger partial charge is 0.377 e. The zero-order valence-electron chi connectivity index (χ0n) is 13.4. The van der Waals surface area contributed by atoms with Gasteiger partial charge < -0.3 is 10.5 Å². The molecule has 2 nitrogen and oxygen atoms in total. The Balaban J connectivity index is 2.04. The van der Waals surface area contributed by atoms with Gasteiger partial charge in [-0.3, -0.25) is 0 Å². The Kier molecular flexibility index (Phi) is 4.62. The number of hydrogen-bond donors (Lipinski definition) is 1. The second-order valence-electron chi connectivity index (χ2n) is 7.99. The third kappa shape index (κ3) is 3.33. The highest BCUT2D eigenvalue weighted by Crippen LogP contribution is 2.46. The molecular weight excluding hydrogens is 234 g/mol. The van der Waals surface area contributed by atoms with E-state index in [1.165, 1.54) is 38.5 Å². The quantitative estimate of drug-likeness (QED) is 0.834. The fourth-order valence-corrected chi connectivity index (χ4v) is 4.26. The third-order valence-electron chi connectivity index (χ3n) is 5.95. The van der Waals surface area contributed by atoms with Gasteiger partial charge in [0.05, 0.1) is 5.60 Å². The molecule has 2 saturated carbocycles. The van der Waals surface area contributed by atoms with Crippen molar-refractivity contribution >= 4 is 0 Å². The molecule has 0 heterocycles. The maximum atomic E-state index is 6.69. The normalized spacial score (nSPS) is 35.8. The monoisotopic (exact) mass is 267 g/mol. The summed E-state index contributed by atoms with van der Waals surface area (Å²) in [5, 5.41) is 0. The van der Waals surface area contributed by atoms with Gasteiger partial charge in [-0.15, -0.1) is 0 Å². The van der Waals surface area contributed by atoms with E-state index in [-0.39, 0.29) is 11.6 Å². The molecule has 2 N–H and O–H groups in total. The molecular formula is C17H33NO. The van der Waals surface area contributed by atoms with Crippen LogP contribution < -0.4 is 5.73 Å². The molecule has 0 aromatic carbocycles. The minimum atomic E-state index is -0.0444. The smallest absolute Gasteiger partial charge is 0.0831 e. The molecule has 2 heteroatoms. The standard InChI is InChI=1S/C17H33NO/c1-13-6-5-7-14(12-13)15(18)17(19-4)10-8-16(2,3)9-11-17/h13-15H,5-12,18H2,1-4H3. The topological polar surface area (TPSA) is 35.2 Å². The van der Waals surface area contributed by atoms with Gasteiger partial charge in [0.25, 0.3) is 0 Å². The second-order valence-corrected chi connectivity index (χ2v) is 7.99. The molecule has 2 aliphatic rings. The van der Waals surface area contributed by atoms with Gasteiger partial charge in [-0.25, -0.2) is 0 Å². The summed E-state index contributed by atoms with van der Waals surface area (Å²) in [6.45, 7) is 7.13. The third-order valence-corrected chi connectivity index (χ3v) is 5.95. The van der Waals surface area contributed by atoms with E-state index in [9.17, 15) is 0 Å². The average Bonchev–Trinajstić information content (AvgIpc) is 2.39. The highest BCUT2D eigenvalue weighted by Gasteiger charge is 2.45. The summed E-state index contributed by atoms with van der Waals surface area (Å²) in [4.78, 5) is 0. The minimum Gasteiger partial charge on any atom is -0.377 e. The Bertz CT molecular complexity index is 290. The van der Waals surface area contributed by atoms with Crippen molar-refractivity contribution in [2.24, 2.45) is 23.0 Å². The first-order chi connectivity index (χ1) is 8.88. The number of methoxy groups -OCH3 is 1. The Morgan fingerprint density at radius 2 is 1.74 bits per heavy atom. The van der Waals surface area contributed by atoms with E-state index in [1.807, 2.05) is 7.11 Å². The summed E-state index contributed by atoms with van der Waals surface area (Å²) in [7, 11) is 1.88. The van der Waals surface area contributed by atoms with Crippen LogP contribution in [0.25, 0.3) is 0 Å². The van der Waals surface area contributed by atoms with Gasteiger partial charge in [-0.2, -0.15) is 0 Å². The van der Waals surface area contributed by atoms with Crippen LogP contribution in [-0.4, -0.2) is 18.8 Å². The van der Waals surface area contributed by atoms with Crippen molar-refractivity contribution in [1.29, 1.82) is 0 Å². The van der Waals surface area contributed by atoms with Crippen LogP contribution in [-0.2, 0) is 4.74 Å². The van der Waals surface area contributed by atoms with Crippen LogP contribution in [0.4, 0.5) is 0 Å². The summed E-state index contributed by atoms with van der Waals surface area (Å²) >= 11 is 0. The van der Waals surface area contributed by atoms with E-state index in [0.29, 0.717) is 11.3 Å². The van der Waals surface area contributed by atoms with Crippen molar-refractivity contribution in [3.05, 3.63) is 0 Å². The van der Waals surface area contributed by atoms with E-state index in [0.717, 1.165) is 18.8 Å². The van der Waals surface area contributed by atoms with Gasteiger partial charge in [-0.1, -0.05) is 33.6 Å². The molecule has 3 atom stereocenters. The predicted molar refractivity (Wildman–Crippen MR) is 81.1 cm³/mol. The SMILES string of the molecule is COC1(C(N)C2CCCC(C)C2)CCC(C)(C)CC1. The molecule has 0 radical (unpaired) electrons. The Labute approximate surface area is 119 Å². The zero-order valence-corrected chi connectivity index (χ0v) is 13.4. The second kappa shape index (κ2) is 5.73. The van der Waals surface area contributed by atoms with E-state index < -0.39 is 0 Å². The van der Waals surface area contributed by atoms with E-state index in [2.05, 4.69) is 20.8 Å². The number of hydrogen-bond acceptors (Lipinski definition) is 2. The number of rotatable bonds is 3. The van der Waals surface area contributed by atoms with Crippen molar-refractivity contribution < 1.29 is 4.74 Å². The number of nitrogens with two attached hydrogens (primary N) is 1. The molecule has 2 fully saturated rings. The molecule has 0 amide bonds. The predicted octanol–water partition coefficient (Wildman–Crippen LogP) is 4.13. The number of ether oxygens (including phenoxy) is 1. The fraction of sp³-hybridized carbons (Fsp3) is 1.00.